The van der Waals surface area contributed by atoms with E-state index in [1.807, 2.05) is 14.1 Å². The van der Waals surface area contributed by atoms with Gasteiger partial charge in [0, 0.05) is 44.8 Å². The van der Waals surface area contributed by atoms with Gasteiger partial charge in [-0.3, -0.25) is 9.69 Å². The minimum absolute atomic E-state index is 0.0670. The van der Waals surface area contributed by atoms with Crippen LogP contribution in [0.4, 0.5) is 5.69 Å². The fraction of sp³-hybridized carbons (Fsp3) is 0.588. The molecule has 0 bridgehead atoms. The lowest BCUT2D eigenvalue weighted by atomic mass is 9.89. The Morgan fingerprint density at radius 2 is 1.86 bits per heavy atom. The van der Waals surface area contributed by atoms with Crippen molar-refractivity contribution < 1.29 is 9.53 Å². The van der Waals surface area contributed by atoms with Gasteiger partial charge in [-0.25, -0.2) is 0 Å². The van der Waals surface area contributed by atoms with Crippen LogP contribution in [0.5, 0.6) is 0 Å². The van der Waals surface area contributed by atoms with Crippen LogP contribution < -0.4 is 4.90 Å². The van der Waals surface area contributed by atoms with Crippen LogP contribution in [-0.4, -0.2) is 51.2 Å². The van der Waals surface area contributed by atoms with Crippen molar-refractivity contribution in [2.45, 2.75) is 25.8 Å². The summed E-state index contributed by atoms with van der Waals surface area (Å²) in [6.07, 6.45) is 0. The monoisotopic (exact) mass is 290 g/mol. The standard InChI is InChI=1S/C17H26N2O2/c1-12(2)19-10-15(16(11-19)17(20)21-5)13-6-8-14(9-7-13)18(3)4/h6-9,12,15-16H,10-11H2,1-5H3/t15-,16+/m1/s1. The van der Waals surface area contributed by atoms with E-state index in [9.17, 15) is 4.79 Å². The van der Waals surface area contributed by atoms with E-state index in [1.165, 1.54) is 18.4 Å². The normalized spacial score (nSPS) is 22.6. The summed E-state index contributed by atoms with van der Waals surface area (Å²) in [5.41, 5.74) is 2.39. The molecule has 1 aliphatic heterocycles. The van der Waals surface area contributed by atoms with Gasteiger partial charge in [0.05, 0.1) is 13.0 Å². The molecule has 1 fully saturated rings. The van der Waals surface area contributed by atoms with Crippen molar-refractivity contribution in [2.75, 3.05) is 39.2 Å². The number of anilines is 1. The zero-order valence-electron chi connectivity index (χ0n) is 13.7. The Kier molecular flexibility index (Phi) is 4.88. The summed E-state index contributed by atoms with van der Waals surface area (Å²) in [6, 6.07) is 8.95. The van der Waals surface area contributed by atoms with E-state index in [0.717, 1.165) is 13.1 Å². The van der Waals surface area contributed by atoms with E-state index < -0.39 is 0 Å². The van der Waals surface area contributed by atoms with Crippen LogP contribution in [0.1, 0.15) is 25.3 Å². The molecule has 0 spiro atoms. The molecule has 4 nitrogen and oxygen atoms in total. The molecule has 1 aromatic rings. The van der Waals surface area contributed by atoms with Gasteiger partial charge < -0.3 is 9.64 Å². The average molecular weight is 290 g/mol. The number of ether oxygens (including phenoxy) is 1. The Labute approximate surface area is 127 Å². The summed E-state index contributed by atoms with van der Waals surface area (Å²) < 4.78 is 5.00. The molecule has 2 atom stereocenters. The lowest BCUT2D eigenvalue weighted by Gasteiger charge is -2.20. The first-order valence-corrected chi connectivity index (χ1v) is 7.53. The zero-order chi connectivity index (χ0) is 15.6. The lowest BCUT2D eigenvalue weighted by Crippen LogP contribution is -2.29. The van der Waals surface area contributed by atoms with E-state index in [0.29, 0.717) is 6.04 Å². The number of hydrogen-bond donors (Lipinski definition) is 0. The van der Waals surface area contributed by atoms with Crippen molar-refractivity contribution in [1.82, 2.24) is 4.90 Å². The number of nitrogens with zero attached hydrogens (tertiary/aromatic N) is 2. The van der Waals surface area contributed by atoms with Crippen LogP contribution in [0.15, 0.2) is 24.3 Å². The lowest BCUT2D eigenvalue weighted by molar-refractivity contribution is -0.145. The maximum absolute atomic E-state index is 12.1. The minimum atomic E-state index is -0.0974. The summed E-state index contributed by atoms with van der Waals surface area (Å²) in [7, 11) is 5.54. The van der Waals surface area contributed by atoms with Crippen molar-refractivity contribution in [3.63, 3.8) is 0 Å². The van der Waals surface area contributed by atoms with Crippen LogP contribution >= 0.6 is 0 Å². The molecule has 0 radical (unpaired) electrons. The number of carbonyl (C=O) groups is 1. The second-order valence-corrected chi connectivity index (χ2v) is 6.27. The van der Waals surface area contributed by atoms with Crippen LogP contribution in [0.3, 0.4) is 0 Å². The topological polar surface area (TPSA) is 32.8 Å². The average Bonchev–Trinajstić information content (AvgIpc) is 2.92. The number of methoxy groups -OCH3 is 1. The van der Waals surface area contributed by atoms with Crippen molar-refractivity contribution in [2.24, 2.45) is 5.92 Å². The summed E-state index contributed by atoms with van der Waals surface area (Å²) >= 11 is 0. The highest BCUT2D eigenvalue weighted by molar-refractivity contribution is 5.74. The van der Waals surface area contributed by atoms with Crippen LogP contribution in [0.25, 0.3) is 0 Å². The highest BCUT2D eigenvalue weighted by atomic mass is 16.5. The molecule has 116 valence electrons. The zero-order valence-corrected chi connectivity index (χ0v) is 13.7. The summed E-state index contributed by atoms with van der Waals surface area (Å²) in [4.78, 5) is 16.5. The first-order chi connectivity index (χ1) is 9.93. The second kappa shape index (κ2) is 6.48. The molecule has 4 heteroatoms. The molecule has 21 heavy (non-hydrogen) atoms. The Bertz CT molecular complexity index is 482. The largest absolute Gasteiger partial charge is 0.469 e. The third-order valence-electron chi connectivity index (χ3n) is 4.42. The molecule has 1 aromatic carbocycles. The molecule has 0 saturated carbocycles. The van der Waals surface area contributed by atoms with E-state index >= 15 is 0 Å². The predicted octanol–water partition coefficient (Wildman–Crippen LogP) is 2.35. The SMILES string of the molecule is COC(=O)[C@H]1CN(C(C)C)C[C@@H]1c1ccc(N(C)C)cc1. The molecule has 0 aromatic heterocycles. The highest BCUT2D eigenvalue weighted by Gasteiger charge is 2.39. The van der Waals surface area contributed by atoms with Crippen molar-refractivity contribution in [3.8, 4) is 0 Å². The Morgan fingerprint density at radius 3 is 2.33 bits per heavy atom. The molecule has 2 rings (SSSR count). The number of esters is 1. The number of rotatable bonds is 4. The summed E-state index contributed by atoms with van der Waals surface area (Å²) in [5.74, 6) is 0.0542. The molecule has 0 N–H and O–H groups in total. The van der Waals surface area contributed by atoms with Crippen molar-refractivity contribution in [1.29, 1.82) is 0 Å². The fourth-order valence-electron chi connectivity index (χ4n) is 3.00. The number of likely N-dealkylation sites (tertiary alicyclic amines) is 1. The van der Waals surface area contributed by atoms with Crippen molar-refractivity contribution >= 4 is 11.7 Å². The van der Waals surface area contributed by atoms with Crippen LogP contribution in [0.2, 0.25) is 0 Å². The van der Waals surface area contributed by atoms with Gasteiger partial charge in [0.2, 0.25) is 0 Å². The van der Waals surface area contributed by atoms with Gasteiger partial charge in [0.1, 0.15) is 0 Å². The van der Waals surface area contributed by atoms with Crippen LogP contribution in [-0.2, 0) is 9.53 Å². The van der Waals surface area contributed by atoms with Gasteiger partial charge in [0.25, 0.3) is 0 Å². The van der Waals surface area contributed by atoms with Crippen LogP contribution in [0, 0.1) is 5.92 Å². The first kappa shape index (κ1) is 15.8. The third-order valence-corrected chi connectivity index (χ3v) is 4.42. The maximum Gasteiger partial charge on any atom is 0.310 e. The molecular formula is C17H26N2O2. The third kappa shape index (κ3) is 3.38. The van der Waals surface area contributed by atoms with Gasteiger partial charge >= 0.3 is 5.97 Å². The van der Waals surface area contributed by atoms with Gasteiger partial charge in [-0.2, -0.15) is 0 Å². The molecule has 1 saturated heterocycles. The van der Waals surface area contributed by atoms with E-state index in [-0.39, 0.29) is 17.8 Å². The first-order valence-electron chi connectivity index (χ1n) is 7.53. The van der Waals surface area contributed by atoms with E-state index in [2.05, 4.69) is 47.9 Å². The number of hydrogen-bond acceptors (Lipinski definition) is 4. The number of carbonyl (C=O) groups excluding carboxylic acids is 1. The Balaban J connectivity index is 2.23. The van der Waals surface area contributed by atoms with Gasteiger partial charge in [-0.1, -0.05) is 12.1 Å². The molecule has 1 aliphatic rings. The smallest absolute Gasteiger partial charge is 0.310 e. The van der Waals surface area contributed by atoms with Gasteiger partial charge in [0.15, 0.2) is 0 Å². The molecule has 0 aliphatic carbocycles. The molecule has 0 amide bonds. The summed E-state index contributed by atoms with van der Waals surface area (Å²) in [6.45, 7) is 6.04. The predicted molar refractivity (Wildman–Crippen MR) is 85.7 cm³/mol. The Morgan fingerprint density at radius 1 is 1.24 bits per heavy atom. The molecule has 0 unspecified atom stereocenters. The maximum atomic E-state index is 12.1. The summed E-state index contributed by atoms with van der Waals surface area (Å²) in [5, 5.41) is 0. The number of benzene rings is 1. The highest BCUT2D eigenvalue weighted by Crippen LogP contribution is 2.35. The van der Waals surface area contributed by atoms with Gasteiger partial charge in [-0.15, -0.1) is 0 Å². The van der Waals surface area contributed by atoms with E-state index in [4.69, 9.17) is 4.74 Å². The molecule has 1 heterocycles. The molecular weight excluding hydrogens is 264 g/mol. The van der Waals surface area contributed by atoms with E-state index in [1.54, 1.807) is 0 Å². The van der Waals surface area contributed by atoms with Gasteiger partial charge in [-0.05, 0) is 31.5 Å². The van der Waals surface area contributed by atoms with Crippen molar-refractivity contribution in [3.05, 3.63) is 29.8 Å². The minimum Gasteiger partial charge on any atom is -0.469 e. The Hall–Kier alpha value is -1.55. The quantitative estimate of drug-likeness (QED) is 0.797. The second-order valence-electron chi connectivity index (χ2n) is 6.27. The fourth-order valence-corrected chi connectivity index (χ4v) is 3.00.